The van der Waals surface area contributed by atoms with Crippen LogP contribution < -0.4 is 5.32 Å². The maximum Gasteiger partial charge on any atom is 0.236 e. The van der Waals surface area contributed by atoms with E-state index in [1.165, 1.54) is 0 Å². The number of hydrogen-bond donors (Lipinski definition) is 1. The van der Waals surface area contributed by atoms with Gasteiger partial charge in [-0.2, -0.15) is 0 Å². The molecule has 0 aromatic rings. The van der Waals surface area contributed by atoms with Crippen molar-refractivity contribution in [3.63, 3.8) is 0 Å². The second kappa shape index (κ2) is 6.02. The molecule has 1 saturated carbocycles. The minimum absolute atomic E-state index is 0.113. The van der Waals surface area contributed by atoms with Crippen molar-refractivity contribution < 1.29 is 9.53 Å². The Morgan fingerprint density at radius 1 is 1.44 bits per heavy atom. The first-order valence-electron chi connectivity index (χ1n) is 6.80. The molecule has 0 aromatic carbocycles. The van der Waals surface area contributed by atoms with Crippen molar-refractivity contribution in [3.8, 4) is 0 Å². The van der Waals surface area contributed by atoms with E-state index in [9.17, 15) is 4.79 Å². The van der Waals surface area contributed by atoms with Crippen LogP contribution in [0.15, 0.2) is 0 Å². The monoisotopic (exact) mass is 256 g/mol. The van der Waals surface area contributed by atoms with Crippen molar-refractivity contribution in [2.24, 2.45) is 11.3 Å². The van der Waals surface area contributed by atoms with Crippen molar-refractivity contribution in [2.75, 3.05) is 27.2 Å². The number of nitrogens with one attached hydrogen (secondary N) is 1. The quantitative estimate of drug-likeness (QED) is 0.783. The van der Waals surface area contributed by atoms with Gasteiger partial charge in [0.25, 0.3) is 0 Å². The van der Waals surface area contributed by atoms with Crippen LogP contribution in [0.3, 0.4) is 0 Å². The first-order chi connectivity index (χ1) is 8.25. The molecule has 1 aliphatic carbocycles. The molecule has 4 nitrogen and oxygen atoms in total. The number of carbonyl (C=O) groups excluding carboxylic acids is 1. The third-order valence-corrected chi connectivity index (χ3v) is 3.81. The Bertz CT molecular complexity index is 288. The molecule has 0 radical (unpaired) electrons. The summed E-state index contributed by atoms with van der Waals surface area (Å²) in [7, 11) is 3.56. The average molecular weight is 256 g/mol. The van der Waals surface area contributed by atoms with Crippen LogP contribution in [0.4, 0.5) is 0 Å². The highest BCUT2D eigenvalue weighted by molar-refractivity contribution is 5.77. The maximum atomic E-state index is 11.5. The van der Waals surface area contributed by atoms with E-state index in [0.717, 1.165) is 13.0 Å². The predicted octanol–water partition coefficient (Wildman–Crippen LogP) is 1.50. The van der Waals surface area contributed by atoms with Gasteiger partial charge in [-0.15, -0.1) is 0 Å². The van der Waals surface area contributed by atoms with Gasteiger partial charge in [-0.25, -0.2) is 0 Å². The van der Waals surface area contributed by atoms with Crippen LogP contribution in [0.2, 0.25) is 0 Å². The van der Waals surface area contributed by atoms with E-state index < -0.39 is 0 Å². The van der Waals surface area contributed by atoms with Gasteiger partial charge in [0.2, 0.25) is 5.91 Å². The molecule has 1 fully saturated rings. The molecule has 106 valence electrons. The molecule has 4 heteroatoms. The second-order valence-electron chi connectivity index (χ2n) is 6.49. The van der Waals surface area contributed by atoms with Gasteiger partial charge in [0.1, 0.15) is 0 Å². The van der Waals surface area contributed by atoms with E-state index in [0.29, 0.717) is 24.6 Å². The number of ether oxygens (including phenoxy) is 1. The lowest BCUT2D eigenvalue weighted by Gasteiger charge is -2.52. The van der Waals surface area contributed by atoms with Crippen LogP contribution in [0, 0.1) is 11.3 Å². The number of likely N-dealkylation sites (N-methyl/N-ethyl adjacent to an activating group) is 1. The highest BCUT2D eigenvalue weighted by atomic mass is 16.5. The van der Waals surface area contributed by atoms with Gasteiger partial charge >= 0.3 is 0 Å². The fourth-order valence-electron chi connectivity index (χ4n) is 2.19. The van der Waals surface area contributed by atoms with Crippen LogP contribution >= 0.6 is 0 Å². The maximum absolute atomic E-state index is 11.5. The van der Waals surface area contributed by atoms with Gasteiger partial charge < -0.3 is 15.0 Å². The summed E-state index contributed by atoms with van der Waals surface area (Å²) < 4.78 is 5.90. The summed E-state index contributed by atoms with van der Waals surface area (Å²) >= 11 is 0. The summed E-state index contributed by atoms with van der Waals surface area (Å²) in [6.45, 7) is 9.97. The number of amides is 1. The standard InChI is InChI=1S/C14H28N2O2/c1-10(2)9-18-12-7-11(14(12,3)4)15-8-13(17)16(5)6/h10-12,15H,7-9H2,1-6H3. The van der Waals surface area contributed by atoms with Gasteiger partial charge in [0.15, 0.2) is 0 Å². The van der Waals surface area contributed by atoms with Gasteiger partial charge in [-0.05, 0) is 12.3 Å². The molecule has 0 spiro atoms. The van der Waals surface area contributed by atoms with Crippen LogP contribution in [0.25, 0.3) is 0 Å². The van der Waals surface area contributed by atoms with E-state index in [1.807, 2.05) is 0 Å². The molecule has 0 saturated heterocycles. The Kier molecular flexibility index (Phi) is 5.17. The summed E-state index contributed by atoms with van der Waals surface area (Å²) in [5, 5.41) is 3.34. The number of rotatable bonds is 6. The lowest BCUT2D eigenvalue weighted by Crippen LogP contribution is -2.62. The van der Waals surface area contributed by atoms with Crippen molar-refractivity contribution in [2.45, 2.75) is 46.3 Å². The zero-order valence-corrected chi connectivity index (χ0v) is 12.6. The first-order valence-corrected chi connectivity index (χ1v) is 6.80. The number of carbonyl (C=O) groups is 1. The van der Waals surface area contributed by atoms with Crippen LogP contribution in [0.1, 0.15) is 34.1 Å². The Morgan fingerprint density at radius 2 is 2.06 bits per heavy atom. The second-order valence-corrected chi connectivity index (χ2v) is 6.49. The van der Waals surface area contributed by atoms with E-state index in [4.69, 9.17) is 4.74 Å². The molecule has 1 amide bonds. The summed E-state index contributed by atoms with van der Waals surface area (Å²) in [6.07, 6.45) is 1.31. The summed E-state index contributed by atoms with van der Waals surface area (Å²) in [6, 6.07) is 0.374. The SMILES string of the molecule is CC(C)COC1CC(NCC(=O)N(C)C)C1(C)C. The molecule has 0 aromatic heterocycles. The number of hydrogen-bond acceptors (Lipinski definition) is 3. The largest absolute Gasteiger partial charge is 0.377 e. The Hall–Kier alpha value is -0.610. The Balaban J connectivity index is 2.33. The van der Waals surface area contributed by atoms with Gasteiger partial charge in [-0.1, -0.05) is 27.7 Å². The molecular weight excluding hydrogens is 228 g/mol. The van der Waals surface area contributed by atoms with Crippen molar-refractivity contribution in [1.29, 1.82) is 0 Å². The highest BCUT2D eigenvalue weighted by Crippen LogP contribution is 2.42. The molecule has 0 bridgehead atoms. The van der Waals surface area contributed by atoms with Crippen molar-refractivity contribution in [1.82, 2.24) is 10.2 Å². The number of nitrogens with zero attached hydrogens (tertiary/aromatic N) is 1. The van der Waals surface area contributed by atoms with E-state index in [2.05, 4.69) is 33.0 Å². The van der Waals surface area contributed by atoms with Crippen LogP contribution in [-0.2, 0) is 9.53 Å². The Morgan fingerprint density at radius 3 is 2.50 bits per heavy atom. The van der Waals surface area contributed by atoms with Gasteiger partial charge in [-0.3, -0.25) is 4.79 Å². The minimum atomic E-state index is 0.113. The third-order valence-electron chi connectivity index (χ3n) is 3.81. The summed E-state index contributed by atoms with van der Waals surface area (Å²) in [5.74, 6) is 0.695. The molecule has 1 aliphatic rings. The van der Waals surface area contributed by atoms with Crippen LogP contribution in [0.5, 0.6) is 0 Å². The molecule has 2 unspecified atom stereocenters. The lowest BCUT2D eigenvalue weighted by atomic mass is 9.64. The smallest absolute Gasteiger partial charge is 0.236 e. The fourth-order valence-corrected chi connectivity index (χ4v) is 2.19. The van der Waals surface area contributed by atoms with Crippen LogP contribution in [-0.4, -0.2) is 50.2 Å². The fraction of sp³-hybridized carbons (Fsp3) is 0.929. The normalized spacial score (nSPS) is 25.9. The molecular formula is C14H28N2O2. The zero-order valence-electron chi connectivity index (χ0n) is 12.6. The topological polar surface area (TPSA) is 41.6 Å². The molecule has 1 rings (SSSR count). The average Bonchev–Trinajstić information content (AvgIpc) is 2.25. The first kappa shape index (κ1) is 15.4. The third kappa shape index (κ3) is 3.69. The summed E-state index contributed by atoms with van der Waals surface area (Å²) in [4.78, 5) is 13.1. The Labute approximate surface area is 111 Å². The molecule has 18 heavy (non-hydrogen) atoms. The van der Waals surface area contributed by atoms with E-state index >= 15 is 0 Å². The minimum Gasteiger partial charge on any atom is -0.377 e. The summed E-state index contributed by atoms with van der Waals surface area (Å²) in [5.41, 5.74) is 0.113. The van der Waals surface area contributed by atoms with Gasteiger partial charge in [0.05, 0.1) is 12.6 Å². The van der Waals surface area contributed by atoms with Crippen molar-refractivity contribution >= 4 is 5.91 Å². The molecule has 0 aliphatic heterocycles. The van der Waals surface area contributed by atoms with E-state index in [1.54, 1.807) is 19.0 Å². The zero-order chi connectivity index (χ0) is 13.9. The van der Waals surface area contributed by atoms with Gasteiger partial charge in [0, 0.05) is 32.2 Å². The van der Waals surface area contributed by atoms with Crippen molar-refractivity contribution in [3.05, 3.63) is 0 Å². The van der Waals surface area contributed by atoms with E-state index in [-0.39, 0.29) is 11.3 Å². The molecule has 1 N–H and O–H groups in total. The molecule has 0 heterocycles. The highest BCUT2D eigenvalue weighted by Gasteiger charge is 2.48. The predicted molar refractivity (Wildman–Crippen MR) is 73.5 cm³/mol. The molecule has 2 atom stereocenters. The lowest BCUT2D eigenvalue weighted by molar-refractivity contribution is -0.134.